The maximum absolute atomic E-state index is 13.6. The molecule has 3 amide bonds. The summed E-state index contributed by atoms with van der Waals surface area (Å²) in [5, 5.41) is 12.6. The first-order valence-corrected chi connectivity index (χ1v) is 14.6. The smallest absolute Gasteiger partial charge is 0.321 e. The van der Waals surface area contributed by atoms with Gasteiger partial charge in [0, 0.05) is 25.2 Å². The van der Waals surface area contributed by atoms with Crippen LogP contribution in [0.2, 0.25) is 0 Å². The van der Waals surface area contributed by atoms with Crippen LogP contribution < -0.4 is 14.8 Å². The Hall–Kier alpha value is -4.16. The molecule has 12 heteroatoms. The van der Waals surface area contributed by atoms with E-state index in [1.165, 1.54) is 58.3 Å². The zero-order valence-electron chi connectivity index (χ0n) is 23.0. The van der Waals surface area contributed by atoms with Crippen LogP contribution in [-0.4, -0.2) is 74.2 Å². The van der Waals surface area contributed by atoms with Gasteiger partial charge in [0.25, 0.3) is 15.9 Å². The van der Waals surface area contributed by atoms with Gasteiger partial charge in [0.15, 0.2) is 5.75 Å². The first kappa shape index (κ1) is 29.8. The number of carbonyl (C=O) groups is 2. The third-order valence-corrected chi connectivity index (χ3v) is 8.27. The topological polar surface area (TPSA) is 128 Å². The number of hydrogen-bond acceptors (Lipinski definition) is 6. The van der Waals surface area contributed by atoms with E-state index < -0.39 is 39.9 Å². The fourth-order valence-electron chi connectivity index (χ4n) is 4.45. The van der Waals surface area contributed by atoms with Crippen LogP contribution in [0.15, 0.2) is 77.7 Å². The molecule has 4 rings (SSSR count). The first-order chi connectivity index (χ1) is 19.5. The summed E-state index contributed by atoms with van der Waals surface area (Å²) in [4.78, 5) is 29.5. The Morgan fingerprint density at radius 1 is 1.12 bits per heavy atom. The van der Waals surface area contributed by atoms with Crippen LogP contribution in [0.3, 0.4) is 0 Å². The summed E-state index contributed by atoms with van der Waals surface area (Å²) in [6.45, 7) is 3.58. The Morgan fingerprint density at radius 3 is 2.46 bits per heavy atom. The van der Waals surface area contributed by atoms with Crippen molar-refractivity contribution in [2.45, 2.75) is 30.9 Å². The monoisotopic (exact) mass is 584 g/mol. The standard InChI is InChI=1S/C29H33FN4O6S/c1-19-16-34(20(2)18-35)28(36)24-10-7-11-25(32-41(38,39)23-8-5-4-6-9-23)27(24)40-26(19)17-33(3)29(37)31-22-14-12-21(30)13-15-22/h4-15,19-20,26,32,35H,16-18H2,1-3H3,(H,31,37)/t19-,20-,26+/m1/s1. The minimum atomic E-state index is -4.02. The average molecular weight is 585 g/mol. The van der Waals surface area contributed by atoms with Gasteiger partial charge in [0.2, 0.25) is 0 Å². The molecule has 1 aliphatic heterocycles. The summed E-state index contributed by atoms with van der Waals surface area (Å²) in [7, 11) is -2.45. The maximum Gasteiger partial charge on any atom is 0.321 e. The number of likely N-dealkylation sites (N-methyl/N-ethyl adjacent to an activating group) is 1. The molecule has 0 radical (unpaired) electrons. The molecule has 1 heterocycles. The molecule has 0 saturated heterocycles. The molecule has 0 spiro atoms. The highest BCUT2D eigenvalue weighted by molar-refractivity contribution is 7.92. The molecule has 3 aromatic carbocycles. The van der Waals surface area contributed by atoms with Gasteiger partial charge in [-0.1, -0.05) is 31.2 Å². The normalized spacial score (nSPS) is 17.9. The van der Waals surface area contributed by atoms with Gasteiger partial charge in [-0.25, -0.2) is 17.6 Å². The minimum Gasteiger partial charge on any atom is -0.485 e. The van der Waals surface area contributed by atoms with Gasteiger partial charge >= 0.3 is 6.03 Å². The van der Waals surface area contributed by atoms with Crippen molar-refractivity contribution in [1.29, 1.82) is 0 Å². The van der Waals surface area contributed by atoms with E-state index in [0.717, 1.165) is 0 Å². The van der Waals surface area contributed by atoms with Crippen molar-refractivity contribution in [3.05, 3.63) is 84.2 Å². The maximum atomic E-state index is 13.6. The number of amides is 3. The van der Waals surface area contributed by atoms with Crippen LogP contribution in [0, 0.1) is 11.7 Å². The van der Waals surface area contributed by atoms with E-state index in [0.29, 0.717) is 5.69 Å². The van der Waals surface area contributed by atoms with Gasteiger partial charge in [0.05, 0.1) is 35.3 Å². The molecule has 10 nitrogen and oxygen atoms in total. The van der Waals surface area contributed by atoms with Crippen molar-refractivity contribution in [2.75, 3.05) is 36.8 Å². The molecule has 0 saturated carbocycles. The second-order valence-electron chi connectivity index (χ2n) is 10.0. The van der Waals surface area contributed by atoms with E-state index in [9.17, 15) is 27.5 Å². The van der Waals surface area contributed by atoms with Crippen molar-refractivity contribution in [2.24, 2.45) is 5.92 Å². The number of aliphatic hydroxyl groups is 1. The highest BCUT2D eigenvalue weighted by Crippen LogP contribution is 2.36. The Labute approximate surface area is 238 Å². The van der Waals surface area contributed by atoms with Gasteiger partial charge in [-0.15, -0.1) is 0 Å². The lowest BCUT2D eigenvalue weighted by molar-refractivity contribution is 0.0373. The highest BCUT2D eigenvalue weighted by Gasteiger charge is 2.35. The fourth-order valence-corrected chi connectivity index (χ4v) is 5.53. The number of urea groups is 1. The van der Waals surface area contributed by atoms with Crippen LogP contribution >= 0.6 is 0 Å². The average Bonchev–Trinajstić information content (AvgIpc) is 2.96. The number of halogens is 1. The number of hydrogen-bond donors (Lipinski definition) is 3. The zero-order valence-corrected chi connectivity index (χ0v) is 23.8. The van der Waals surface area contributed by atoms with Crippen LogP contribution in [0.5, 0.6) is 5.75 Å². The third-order valence-electron chi connectivity index (χ3n) is 6.88. The van der Waals surface area contributed by atoms with Crippen molar-refractivity contribution in [1.82, 2.24) is 9.80 Å². The summed E-state index contributed by atoms with van der Waals surface area (Å²) >= 11 is 0. The van der Waals surface area contributed by atoms with E-state index in [-0.39, 0.29) is 47.5 Å². The number of rotatable bonds is 8. The van der Waals surface area contributed by atoms with Gasteiger partial charge in [-0.2, -0.15) is 0 Å². The lowest BCUT2D eigenvalue weighted by Crippen LogP contribution is -2.50. The number of ether oxygens (including phenoxy) is 1. The molecule has 0 bridgehead atoms. The van der Waals surface area contributed by atoms with Gasteiger partial charge < -0.3 is 25.0 Å². The molecular formula is C29H33FN4O6S. The lowest BCUT2D eigenvalue weighted by atomic mass is 9.99. The quantitative estimate of drug-likeness (QED) is 0.367. The Morgan fingerprint density at radius 2 is 1.80 bits per heavy atom. The molecule has 0 aromatic heterocycles. The fraction of sp³-hybridized carbons (Fsp3) is 0.310. The highest BCUT2D eigenvalue weighted by atomic mass is 32.2. The Balaban J connectivity index is 1.68. The van der Waals surface area contributed by atoms with Gasteiger partial charge in [-0.3, -0.25) is 9.52 Å². The largest absolute Gasteiger partial charge is 0.485 e. The molecule has 1 aliphatic rings. The Bertz CT molecular complexity index is 1490. The van der Waals surface area contributed by atoms with Crippen LogP contribution in [-0.2, 0) is 10.0 Å². The second kappa shape index (κ2) is 12.6. The van der Waals surface area contributed by atoms with Gasteiger partial charge in [0.1, 0.15) is 11.9 Å². The predicted molar refractivity (Wildman–Crippen MR) is 153 cm³/mol. The summed E-state index contributed by atoms with van der Waals surface area (Å²) in [6.07, 6.45) is -0.679. The number of sulfonamides is 1. The number of para-hydroxylation sites is 1. The molecule has 0 fully saturated rings. The summed E-state index contributed by atoms with van der Waals surface area (Å²) in [5.74, 6) is -1.16. The molecule has 3 N–H and O–H groups in total. The van der Waals surface area contributed by atoms with Crippen LogP contribution in [0.4, 0.5) is 20.6 Å². The molecule has 3 aromatic rings. The molecule has 3 atom stereocenters. The summed E-state index contributed by atoms with van der Waals surface area (Å²) < 4.78 is 48.5. The number of benzene rings is 3. The zero-order chi connectivity index (χ0) is 29.7. The van der Waals surface area contributed by atoms with Crippen molar-refractivity contribution in [3.63, 3.8) is 0 Å². The first-order valence-electron chi connectivity index (χ1n) is 13.1. The van der Waals surface area contributed by atoms with Crippen molar-refractivity contribution >= 4 is 33.3 Å². The summed E-state index contributed by atoms with van der Waals surface area (Å²) in [5.41, 5.74) is 0.592. The second-order valence-corrected chi connectivity index (χ2v) is 11.7. The van der Waals surface area contributed by atoms with E-state index in [2.05, 4.69) is 10.0 Å². The lowest BCUT2D eigenvalue weighted by Gasteiger charge is -2.38. The van der Waals surface area contributed by atoms with Gasteiger partial charge in [-0.05, 0) is 55.5 Å². The number of aliphatic hydroxyl groups excluding tert-OH is 1. The molecule has 41 heavy (non-hydrogen) atoms. The van der Waals surface area contributed by atoms with Crippen molar-refractivity contribution < 1.29 is 32.2 Å². The van der Waals surface area contributed by atoms with E-state index in [4.69, 9.17) is 4.74 Å². The number of carbonyl (C=O) groups excluding carboxylic acids is 2. The van der Waals surface area contributed by atoms with E-state index in [1.807, 2.05) is 6.92 Å². The van der Waals surface area contributed by atoms with Crippen molar-refractivity contribution in [3.8, 4) is 5.75 Å². The predicted octanol–water partition coefficient (Wildman–Crippen LogP) is 4.01. The van der Waals surface area contributed by atoms with E-state index >= 15 is 0 Å². The molecule has 0 unspecified atom stereocenters. The molecule has 218 valence electrons. The van der Waals surface area contributed by atoms with Crippen LogP contribution in [0.25, 0.3) is 0 Å². The number of nitrogens with zero attached hydrogens (tertiary/aromatic N) is 2. The van der Waals surface area contributed by atoms with E-state index in [1.54, 1.807) is 38.2 Å². The van der Waals surface area contributed by atoms with Crippen LogP contribution in [0.1, 0.15) is 24.2 Å². The third kappa shape index (κ3) is 6.95. The number of nitrogens with one attached hydrogen (secondary N) is 2. The Kier molecular flexibility index (Phi) is 9.14. The number of anilines is 2. The minimum absolute atomic E-state index is 0.0241. The molecule has 0 aliphatic carbocycles. The SMILES string of the molecule is C[C@@H]1CN([C@H](C)CO)C(=O)c2cccc(NS(=O)(=O)c3ccccc3)c2O[C@H]1CN(C)C(=O)Nc1ccc(F)cc1. The molecular weight excluding hydrogens is 551 g/mol. The summed E-state index contributed by atoms with van der Waals surface area (Å²) in [6, 6.07) is 16.7. The number of fused-ring (bicyclic) bond motifs is 1.